The Morgan fingerprint density at radius 1 is 0.328 bits per heavy atom. The summed E-state index contributed by atoms with van der Waals surface area (Å²) in [6, 6.07) is 0. The lowest BCUT2D eigenvalue weighted by Crippen LogP contribution is -2.30. The van der Waals surface area contributed by atoms with Gasteiger partial charge in [0.15, 0.2) is 6.10 Å². The standard InChI is InChI=1S/C61H104O6/c1-4-7-10-13-16-19-22-25-28-30-33-36-39-42-45-48-51-54-60(63)66-57-58(56-65-59(62)53-50-47-44-41-38-35-32-27-24-21-18-15-12-9-6-3)67-61(64)55-52-49-46-43-40-37-34-31-29-26-23-20-17-14-11-8-5-2/h9,12,15-21,24-26,28-29,58H,4-8,10-11,13-14,22-23,27,30-57H2,1-3H3/b12-9-,18-15-,19-16-,20-17-,24-21-,28-25-,29-26-. The van der Waals surface area contributed by atoms with Crippen molar-refractivity contribution in [1.29, 1.82) is 0 Å². The van der Waals surface area contributed by atoms with Crippen molar-refractivity contribution in [1.82, 2.24) is 0 Å². The van der Waals surface area contributed by atoms with Gasteiger partial charge < -0.3 is 14.2 Å². The second-order valence-electron chi connectivity index (χ2n) is 18.5. The van der Waals surface area contributed by atoms with Crippen molar-refractivity contribution in [3.05, 3.63) is 85.1 Å². The van der Waals surface area contributed by atoms with Crippen LogP contribution in [0.2, 0.25) is 0 Å². The number of allylic oxidation sites excluding steroid dienone is 14. The number of unbranched alkanes of at least 4 members (excludes halogenated alkanes) is 27. The van der Waals surface area contributed by atoms with Crippen molar-refractivity contribution < 1.29 is 28.6 Å². The summed E-state index contributed by atoms with van der Waals surface area (Å²) in [5, 5.41) is 0. The quantitative estimate of drug-likeness (QED) is 0.0199. The molecule has 0 aromatic rings. The van der Waals surface area contributed by atoms with Gasteiger partial charge in [0.1, 0.15) is 13.2 Å². The second-order valence-corrected chi connectivity index (χ2v) is 18.5. The van der Waals surface area contributed by atoms with Crippen LogP contribution in [0.1, 0.15) is 265 Å². The van der Waals surface area contributed by atoms with Gasteiger partial charge in [0, 0.05) is 19.3 Å². The second kappa shape index (κ2) is 55.2. The minimum atomic E-state index is -0.790. The van der Waals surface area contributed by atoms with Crippen LogP contribution in [0, 0.1) is 0 Å². The van der Waals surface area contributed by atoms with E-state index in [1.54, 1.807) is 0 Å². The van der Waals surface area contributed by atoms with E-state index in [1.165, 1.54) is 128 Å². The molecule has 0 saturated heterocycles. The first-order chi connectivity index (χ1) is 33.0. The van der Waals surface area contributed by atoms with E-state index in [0.29, 0.717) is 19.3 Å². The highest BCUT2D eigenvalue weighted by atomic mass is 16.6. The minimum Gasteiger partial charge on any atom is -0.462 e. The molecule has 0 bridgehead atoms. The van der Waals surface area contributed by atoms with Crippen LogP contribution in [0.15, 0.2) is 85.1 Å². The van der Waals surface area contributed by atoms with Gasteiger partial charge in [-0.3, -0.25) is 14.4 Å². The van der Waals surface area contributed by atoms with Crippen LogP contribution < -0.4 is 0 Å². The van der Waals surface area contributed by atoms with E-state index in [0.717, 1.165) is 96.3 Å². The summed E-state index contributed by atoms with van der Waals surface area (Å²) in [4.78, 5) is 38.1. The zero-order valence-electron chi connectivity index (χ0n) is 43.9. The first-order valence-electron chi connectivity index (χ1n) is 28.1. The maximum atomic E-state index is 12.9. The first kappa shape index (κ1) is 63.6. The summed E-state index contributed by atoms with van der Waals surface area (Å²) in [6.07, 6.45) is 71.3. The molecule has 0 N–H and O–H groups in total. The van der Waals surface area contributed by atoms with Gasteiger partial charge in [-0.05, 0) is 103 Å². The van der Waals surface area contributed by atoms with E-state index in [9.17, 15) is 14.4 Å². The van der Waals surface area contributed by atoms with E-state index in [1.807, 2.05) is 0 Å². The Hall–Kier alpha value is -3.41. The van der Waals surface area contributed by atoms with Gasteiger partial charge in [-0.25, -0.2) is 0 Å². The van der Waals surface area contributed by atoms with Gasteiger partial charge >= 0.3 is 17.9 Å². The molecule has 0 aromatic carbocycles. The molecule has 1 unspecified atom stereocenters. The molecule has 6 nitrogen and oxygen atoms in total. The summed E-state index contributed by atoms with van der Waals surface area (Å²) in [7, 11) is 0. The average molecular weight is 933 g/mol. The third kappa shape index (κ3) is 53.4. The van der Waals surface area contributed by atoms with E-state index in [-0.39, 0.29) is 31.1 Å². The lowest BCUT2D eigenvalue weighted by atomic mass is 10.1. The van der Waals surface area contributed by atoms with Crippen LogP contribution in [0.4, 0.5) is 0 Å². The zero-order valence-corrected chi connectivity index (χ0v) is 43.9. The van der Waals surface area contributed by atoms with E-state index in [2.05, 4.69) is 106 Å². The van der Waals surface area contributed by atoms with Gasteiger partial charge in [0.05, 0.1) is 0 Å². The molecule has 1 atom stereocenters. The number of hydrogen-bond acceptors (Lipinski definition) is 6. The Morgan fingerprint density at radius 3 is 1.01 bits per heavy atom. The molecule has 0 fully saturated rings. The summed E-state index contributed by atoms with van der Waals surface area (Å²) in [6.45, 7) is 6.45. The third-order valence-corrected chi connectivity index (χ3v) is 11.9. The van der Waals surface area contributed by atoms with Crippen LogP contribution in [-0.4, -0.2) is 37.2 Å². The molecule has 0 aliphatic rings. The van der Waals surface area contributed by atoms with Gasteiger partial charge in [-0.1, -0.05) is 228 Å². The molecule has 0 aromatic heterocycles. The molecule has 0 aliphatic carbocycles. The highest BCUT2D eigenvalue weighted by Crippen LogP contribution is 2.15. The van der Waals surface area contributed by atoms with Crippen LogP contribution in [0.3, 0.4) is 0 Å². The Balaban J connectivity index is 4.43. The van der Waals surface area contributed by atoms with E-state index >= 15 is 0 Å². The maximum absolute atomic E-state index is 12.9. The topological polar surface area (TPSA) is 78.9 Å². The monoisotopic (exact) mass is 933 g/mol. The van der Waals surface area contributed by atoms with Crippen molar-refractivity contribution in [2.45, 2.75) is 271 Å². The molecule has 0 radical (unpaired) electrons. The number of carbonyl (C=O) groups excluding carboxylic acids is 3. The Bertz CT molecular complexity index is 1300. The first-order valence-corrected chi connectivity index (χ1v) is 28.1. The number of hydrogen-bond donors (Lipinski definition) is 0. The lowest BCUT2D eigenvalue weighted by Gasteiger charge is -2.18. The molecular formula is C61H104O6. The predicted octanol–water partition coefficient (Wildman–Crippen LogP) is 18.8. The van der Waals surface area contributed by atoms with Gasteiger partial charge in [0.2, 0.25) is 0 Å². The van der Waals surface area contributed by atoms with Crippen molar-refractivity contribution in [3.8, 4) is 0 Å². The lowest BCUT2D eigenvalue weighted by molar-refractivity contribution is -0.167. The smallest absolute Gasteiger partial charge is 0.306 e. The van der Waals surface area contributed by atoms with Crippen LogP contribution in [0.5, 0.6) is 0 Å². The van der Waals surface area contributed by atoms with Gasteiger partial charge in [-0.2, -0.15) is 0 Å². The van der Waals surface area contributed by atoms with Crippen molar-refractivity contribution in [2.75, 3.05) is 13.2 Å². The number of carbonyl (C=O) groups is 3. The molecule has 0 aliphatic heterocycles. The van der Waals surface area contributed by atoms with Crippen LogP contribution in [-0.2, 0) is 28.6 Å². The minimum absolute atomic E-state index is 0.0880. The fourth-order valence-electron chi connectivity index (χ4n) is 7.68. The highest BCUT2D eigenvalue weighted by molar-refractivity contribution is 5.71. The number of esters is 3. The number of ether oxygens (including phenoxy) is 3. The summed E-state index contributed by atoms with van der Waals surface area (Å²) < 4.78 is 16.8. The Kier molecular flexibility index (Phi) is 52.4. The molecule has 67 heavy (non-hydrogen) atoms. The van der Waals surface area contributed by atoms with Crippen molar-refractivity contribution in [2.24, 2.45) is 0 Å². The van der Waals surface area contributed by atoms with Gasteiger partial charge in [-0.15, -0.1) is 0 Å². The molecule has 0 spiro atoms. The van der Waals surface area contributed by atoms with Crippen molar-refractivity contribution in [3.63, 3.8) is 0 Å². The molecule has 0 amide bonds. The average Bonchev–Trinajstić information content (AvgIpc) is 3.33. The summed E-state index contributed by atoms with van der Waals surface area (Å²) in [5.41, 5.74) is 0. The zero-order chi connectivity index (χ0) is 48.6. The van der Waals surface area contributed by atoms with Gasteiger partial charge in [0.25, 0.3) is 0 Å². The van der Waals surface area contributed by atoms with Crippen molar-refractivity contribution >= 4 is 17.9 Å². The summed E-state index contributed by atoms with van der Waals surface area (Å²) >= 11 is 0. The molecule has 6 heteroatoms. The maximum Gasteiger partial charge on any atom is 0.306 e. The SMILES string of the molecule is CC\C=C/C=C\C=C/CCCCCCCCCC(=O)OCC(COC(=O)CCCCCCCCC/C=C\C/C=C\CCCCC)OC(=O)CCCCCCCCC/C=C\C/C=C\CCCCC. The van der Waals surface area contributed by atoms with Crippen LogP contribution in [0.25, 0.3) is 0 Å². The van der Waals surface area contributed by atoms with E-state index in [4.69, 9.17) is 14.2 Å². The molecular weight excluding hydrogens is 829 g/mol. The molecule has 0 heterocycles. The Labute approximate surface area is 414 Å². The summed E-state index contributed by atoms with van der Waals surface area (Å²) in [5.74, 6) is -0.911. The largest absolute Gasteiger partial charge is 0.462 e. The van der Waals surface area contributed by atoms with E-state index < -0.39 is 6.10 Å². The molecule has 0 saturated carbocycles. The molecule has 384 valence electrons. The number of rotatable bonds is 50. The third-order valence-electron chi connectivity index (χ3n) is 11.9. The highest BCUT2D eigenvalue weighted by Gasteiger charge is 2.19. The fourth-order valence-corrected chi connectivity index (χ4v) is 7.68. The fraction of sp³-hybridized carbons (Fsp3) is 0.721. The molecule has 0 rings (SSSR count). The normalized spacial score (nSPS) is 12.7. The Morgan fingerprint density at radius 2 is 0.642 bits per heavy atom. The predicted molar refractivity (Wildman–Crippen MR) is 288 cm³/mol. The van der Waals surface area contributed by atoms with Crippen LogP contribution >= 0.6 is 0 Å².